The van der Waals surface area contributed by atoms with Gasteiger partial charge in [-0.25, -0.2) is 0 Å². The van der Waals surface area contributed by atoms with E-state index in [1.165, 1.54) is 0 Å². The summed E-state index contributed by atoms with van der Waals surface area (Å²) in [5.41, 5.74) is -1.29. The van der Waals surface area contributed by atoms with E-state index in [4.69, 9.17) is 0 Å². The van der Waals surface area contributed by atoms with Gasteiger partial charge >= 0.3 is 6.18 Å². The molecule has 4 nitrogen and oxygen atoms in total. The van der Waals surface area contributed by atoms with Gasteiger partial charge in [-0.3, -0.25) is 9.59 Å². The molecule has 2 amide bonds. The van der Waals surface area contributed by atoms with Crippen molar-refractivity contribution in [2.45, 2.75) is 57.3 Å². The molecule has 1 saturated carbocycles. The lowest BCUT2D eigenvalue weighted by Crippen LogP contribution is -2.71. The third kappa shape index (κ3) is 2.50. The zero-order chi connectivity index (χ0) is 15.1. The fraction of sp³-hybridized carbons (Fsp3) is 0.846. The summed E-state index contributed by atoms with van der Waals surface area (Å²) in [6.45, 7) is 2.07. The molecule has 114 valence electrons. The minimum atomic E-state index is -4.50. The molecule has 1 aliphatic carbocycles. The fourth-order valence-electron chi connectivity index (χ4n) is 3.16. The van der Waals surface area contributed by atoms with E-state index in [2.05, 4.69) is 5.32 Å². The molecule has 0 aromatic heterocycles. The molecule has 1 unspecified atom stereocenters. The second-order valence-corrected chi connectivity index (χ2v) is 5.97. The molecular weight excluding hydrogens is 273 g/mol. The van der Waals surface area contributed by atoms with Crippen LogP contribution in [0.25, 0.3) is 0 Å². The van der Waals surface area contributed by atoms with Gasteiger partial charge in [0.15, 0.2) is 0 Å². The third-order valence-corrected chi connectivity index (χ3v) is 4.19. The van der Waals surface area contributed by atoms with Gasteiger partial charge in [0.05, 0.1) is 0 Å². The van der Waals surface area contributed by atoms with Gasteiger partial charge in [-0.2, -0.15) is 13.2 Å². The summed E-state index contributed by atoms with van der Waals surface area (Å²) >= 11 is 0. The third-order valence-electron chi connectivity index (χ3n) is 4.19. The summed E-state index contributed by atoms with van der Waals surface area (Å²) in [5, 5.41) is 2.62. The molecule has 0 aromatic rings. The van der Waals surface area contributed by atoms with E-state index in [1.54, 1.807) is 13.8 Å². The molecule has 2 rings (SSSR count). The number of halogens is 3. The molecule has 1 heterocycles. The molecular formula is C13H19F3N2O2. The van der Waals surface area contributed by atoms with Crippen molar-refractivity contribution in [2.24, 2.45) is 5.92 Å². The smallest absolute Gasteiger partial charge is 0.342 e. The van der Waals surface area contributed by atoms with E-state index >= 15 is 0 Å². The minimum absolute atomic E-state index is 0.235. The monoisotopic (exact) mass is 292 g/mol. The summed E-state index contributed by atoms with van der Waals surface area (Å²) < 4.78 is 38.3. The van der Waals surface area contributed by atoms with Crippen molar-refractivity contribution in [3.05, 3.63) is 0 Å². The molecule has 2 fully saturated rings. The van der Waals surface area contributed by atoms with E-state index in [-0.39, 0.29) is 5.92 Å². The predicted octanol–water partition coefficient (Wildman–Crippen LogP) is 1.84. The molecule has 1 spiro atoms. The van der Waals surface area contributed by atoms with Gasteiger partial charge < -0.3 is 10.2 Å². The number of hydrogen-bond acceptors (Lipinski definition) is 2. The first-order chi connectivity index (χ1) is 9.17. The molecule has 1 atom stereocenters. The van der Waals surface area contributed by atoms with Crippen molar-refractivity contribution in [1.29, 1.82) is 0 Å². The summed E-state index contributed by atoms with van der Waals surface area (Å²) in [4.78, 5) is 25.4. The number of nitrogens with one attached hydrogen (secondary N) is 1. The maximum absolute atomic E-state index is 12.8. The van der Waals surface area contributed by atoms with Crippen LogP contribution in [0.5, 0.6) is 0 Å². The van der Waals surface area contributed by atoms with Crippen LogP contribution in [0.1, 0.15) is 39.5 Å². The number of nitrogens with zero attached hydrogens (tertiary/aromatic N) is 1. The average molecular weight is 292 g/mol. The predicted molar refractivity (Wildman–Crippen MR) is 65.7 cm³/mol. The standard InChI is InChI=1S/C13H19F3N2O2/c1-8(2)9-10(19)18(7-13(14,15)16)12(11(20)17-9)5-3-4-6-12/h8-9H,3-7H2,1-2H3,(H,17,20). The van der Waals surface area contributed by atoms with E-state index in [1.807, 2.05) is 0 Å². The van der Waals surface area contributed by atoms with E-state index < -0.39 is 36.1 Å². The van der Waals surface area contributed by atoms with Crippen molar-refractivity contribution in [1.82, 2.24) is 10.2 Å². The largest absolute Gasteiger partial charge is 0.406 e. The highest BCUT2D eigenvalue weighted by Gasteiger charge is 2.56. The van der Waals surface area contributed by atoms with Gasteiger partial charge in [0.25, 0.3) is 0 Å². The summed E-state index contributed by atoms with van der Waals surface area (Å²) in [5.74, 6) is -1.28. The SMILES string of the molecule is CC(C)C1NC(=O)C2(CCCC2)N(CC(F)(F)F)C1=O. The van der Waals surface area contributed by atoms with Crippen molar-refractivity contribution >= 4 is 11.8 Å². The van der Waals surface area contributed by atoms with E-state index in [0.717, 1.165) is 4.90 Å². The number of amides is 2. The maximum Gasteiger partial charge on any atom is 0.406 e. The number of alkyl halides is 3. The Labute approximate surface area is 115 Å². The number of piperazine rings is 1. The van der Waals surface area contributed by atoms with Crippen LogP contribution in [0.2, 0.25) is 0 Å². The van der Waals surface area contributed by atoms with Crippen LogP contribution in [-0.4, -0.2) is 41.0 Å². The highest BCUT2D eigenvalue weighted by Crippen LogP contribution is 2.40. The average Bonchev–Trinajstić information content (AvgIpc) is 2.79. The second-order valence-electron chi connectivity index (χ2n) is 5.97. The molecule has 0 aromatic carbocycles. The van der Waals surface area contributed by atoms with Crippen molar-refractivity contribution < 1.29 is 22.8 Å². The Hall–Kier alpha value is -1.27. The zero-order valence-electron chi connectivity index (χ0n) is 11.6. The van der Waals surface area contributed by atoms with Gasteiger partial charge in [0, 0.05) is 0 Å². The highest BCUT2D eigenvalue weighted by molar-refractivity contribution is 6.00. The van der Waals surface area contributed by atoms with Gasteiger partial charge in [0.1, 0.15) is 18.1 Å². The van der Waals surface area contributed by atoms with Crippen LogP contribution in [0, 0.1) is 5.92 Å². The van der Waals surface area contributed by atoms with Crippen LogP contribution in [0.15, 0.2) is 0 Å². The Morgan fingerprint density at radius 2 is 1.85 bits per heavy atom. The van der Waals surface area contributed by atoms with Crippen LogP contribution >= 0.6 is 0 Å². The van der Waals surface area contributed by atoms with Crippen LogP contribution < -0.4 is 5.32 Å². The normalized spacial score (nSPS) is 26.5. The van der Waals surface area contributed by atoms with Crippen molar-refractivity contribution in [2.75, 3.05) is 6.54 Å². The first kappa shape index (κ1) is 15.1. The first-order valence-electron chi connectivity index (χ1n) is 6.86. The molecule has 20 heavy (non-hydrogen) atoms. The number of rotatable bonds is 2. The molecule has 1 aliphatic heterocycles. The fourth-order valence-corrected chi connectivity index (χ4v) is 3.16. The Morgan fingerprint density at radius 1 is 1.30 bits per heavy atom. The Balaban J connectivity index is 2.36. The van der Waals surface area contributed by atoms with Crippen molar-refractivity contribution in [3.63, 3.8) is 0 Å². The lowest BCUT2D eigenvalue weighted by Gasteiger charge is -2.47. The van der Waals surface area contributed by atoms with Gasteiger partial charge in [-0.15, -0.1) is 0 Å². The summed E-state index contributed by atoms with van der Waals surface area (Å²) in [6, 6.07) is -0.865. The minimum Gasteiger partial charge on any atom is -0.342 e. The van der Waals surface area contributed by atoms with E-state index in [9.17, 15) is 22.8 Å². The van der Waals surface area contributed by atoms with Gasteiger partial charge in [-0.1, -0.05) is 26.7 Å². The highest BCUT2D eigenvalue weighted by atomic mass is 19.4. The van der Waals surface area contributed by atoms with Crippen LogP contribution in [0.3, 0.4) is 0 Å². The summed E-state index contributed by atoms with van der Waals surface area (Å²) in [6.07, 6.45) is -2.54. The van der Waals surface area contributed by atoms with Gasteiger partial charge in [0.2, 0.25) is 11.8 Å². The molecule has 0 bridgehead atoms. The van der Waals surface area contributed by atoms with Gasteiger partial charge in [-0.05, 0) is 18.8 Å². The van der Waals surface area contributed by atoms with Crippen LogP contribution in [-0.2, 0) is 9.59 Å². The quantitative estimate of drug-likeness (QED) is 0.844. The first-order valence-corrected chi connectivity index (χ1v) is 6.86. The Bertz CT molecular complexity index is 414. The lowest BCUT2D eigenvalue weighted by molar-refractivity contribution is -0.184. The molecule has 1 N–H and O–H groups in total. The topological polar surface area (TPSA) is 49.4 Å². The maximum atomic E-state index is 12.8. The van der Waals surface area contributed by atoms with Crippen LogP contribution in [0.4, 0.5) is 13.2 Å². The lowest BCUT2D eigenvalue weighted by atomic mass is 9.87. The van der Waals surface area contributed by atoms with Crippen molar-refractivity contribution in [3.8, 4) is 0 Å². The summed E-state index contributed by atoms with van der Waals surface area (Å²) in [7, 11) is 0. The molecule has 1 saturated heterocycles. The Kier molecular flexibility index (Phi) is 3.73. The Morgan fingerprint density at radius 3 is 2.30 bits per heavy atom. The zero-order valence-corrected chi connectivity index (χ0v) is 11.6. The molecule has 7 heteroatoms. The van der Waals surface area contributed by atoms with E-state index in [0.29, 0.717) is 25.7 Å². The number of carbonyl (C=O) groups is 2. The second kappa shape index (κ2) is 4.93. The number of hydrogen-bond donors (Lipinski definition) is 1. The molecule has 2 aliphatic rings. The molecule has 0 radical (unpaired) electrons. The number of carbonyl (C=O) groups excluding carboxylic acids is 2.